The van der Waals surface area contributed by atoms with Gasteiger partial charge in [0.2, 0.25) is 0 Å². The number of rotatable bonds is 3. The number of carbonyl (C=O) groups excluding carboxylic acids is 1. The van der Waals surface area contributed by atoms with Crippen molar-refractivity contribution in [3.63, 3.8) is 0 Å². The standard InChI is InChI=1S/C13H16F2N2OS/c1-7-11(3-2-4-19-7)17-12-5-8(13(16)18)9(14)6-10(12)15/h5-7,11,17H,2-4H2,1H3,(H2,16,18). The van der Waals surface area contributed by atoms with E-state index in [1.165, 1.54) is 0 Å². The summed E-state index contributed by atoms with van der Waals surface area (Å²) < 4.78 is 27.1. The maximum atomic E-state index is 13.7. The number of thioether (sulfide) groups is 1. The van der Waals surface area contributed by atoms with Crippen molar-refractivity contribution in [1.29, 1.82) is 0 Å². The SMILES string of the molecule is CC1SCCCC1Nc1cc(C(N)=O)c(F)cc1F. The second-order valence-electron chi connectivity index (χ2n) is 4.65. The first-order chi connectivity index (χ1) is 8.99. The summed E-state index contributed by atoms with van der Waals surface area (Å²) in [5.41, 5.74) is 4.90. The predicted molar refractivity (Wildman–Crippen MR) is 73.4 cm³/mol. The minimum Gasteiger partial charge on any atom is -0.379 e. The topological polar surface area (TPSA) is 55.1 Å². The third kappa shape index (κ3) is 3.18. The van der Waals surface area contributed by atoms with Crippen molar-refractivity contribution in [1.82, 2.24) is 0 Å². The Morgan fingerprint density at radius 1 is 1.42 bits per heavy atom. The fourth-order valence-electron chi connectivity index (χ4n) is 2.16. The molecule has 19 heavy (non-hydrogen) atoms. The van der Waals surface area contributed by atoms with E-state index < -0.39 is 17.5 Å². The molecular weight excluding hydrogens is 270 g/mol. The second-order valence-corrected chi connectivity index (χ2v) is 6.13. The fourth-order valence-corrected chi connectivity index (χ4v) is 3.30. The van der Waals surface area contributed by atoms with Gasteiger partial charge in [-0.1, -0.05) is 6.92 Å². The second kappa shape index (κ2) is 5.77. The van der Waals surface area contributed by atoms with Crippen molar-refractivity contribution in [2.45, 2.75) is 31.1 Å². The van der Waals surface area contributed by atoms with Gasteiger partial charge < -0.3 is 11.1 Å². The number of carbonyl (C=O) groups is 1. The van der Waals surface area contributed by atoms with E-state index in [1.807, 2.05) is 11.8 Å². The zero-order valence-electron chi connectivity index (χ0n) is 10.6. The molecule has 0 aromatic heterocycles. The molecule has 2 unspecified atom stereocenters. The number of hydrogen-bond acceptors (Lipinski definition) is 3. The van der Waals surface area contributed by atoms with E-state index in [0.29, 0.717) is 11.3 Å². The number of hydrogen-bond donors (Lipinski definition) is 2. The number of halogens is 2. The quantitative estimate of drug-likeness (QED) is 0.898. The summed E-state index contributed by atoms with van der Waals surface area (Å²) in [4.78, 5) is 11.1. The molecule has 1 heterocycles. The molecule has 1 fully saturated rings. The summed E-state index contributed by atoms with van der Waals surface area (Å²) in [6.45, 7) is 2.07. The lowest BCUT2D eigenvalue weighted by Gasteiger charge is -2.30. The molecule has 3 N–H and O–H groups in total. The van der Waals surface area contributed by atoms with Crippen LogP contribution in [-0.4, -0.2) is 23.0 Å². The van der Waals surface area contributed by atoms with Gasteiger partial charge in [-0.05, 0) is 24.7 Å². The molecule has 1 aliphatic heterocycles. The minimum absolute atomic E-state index is 0.111. The third-order valence-corrected chi connectivity index (χ3v) is 4.65. The molecule has 0 radical (unpaired) electrons. The van der Waals surface area contributed by atoms with Gasteiger partial charge in [-0.3, -0.25) is 4.79 Å². The molecule has 6 heteroatoms. The average Bonchev–Trinajstić information content (AvgIpc) is 2.34. The van der Waals surface area contributed by atoms with Gasteiger partial charge in [0.15, 0.2) is 0 Å². The lowest BCUT2D eigenvalue weighted by molar-refractivity contribution is 0.0996. The number of primary amides is 1. The van der Waals surface area contributed by atoms with Crippen molar-refractivity contribution >= 4 is 23.4 Å². The van der Waals surface area contributed by atoms with Gasteiger partial charge in [-0.25, -0.2) is 8.78 Å². The first kappa shape index (κ1) is 14.1. The smallest absolute Gasteiger partial charge is 0.251 e. The molecule has 0 aliphatic carbocycles. The average molecular weight is 286 g/mol. The van der Waals surface area contributed by atoms with E-state index in [4.69, 9.17) is 5.73 Å². The highest BCUT2D eigenvalue weighted by Gasteiger charge is 2.23. The van der Waals surface area contributed by atoms with Crippen LogP contribution in [0.2, 0.25) is 0 Å². The Labute approximate surface area is 114 Å². The van der Waals surface area contributed by atoms with Crippen molar-refractivity contribution in [3.05, 3.63) is 29.3 Å². The van der Waals surface area contributed by atoms with E-state index in [9.17, 15) is 13.6 Å². The van der Waals surface area contributed by atoms with Crippen molar-refractivity contribution in [2.75, 3.05) is 11.1 Å². The number of benzene rings is 1. The fraction of sp³-hybridized carbons (Fsp3) is 0.462. The van der Waals surface area contributed by atoms with Crippen LogP contribution in [0.1, 0.15) is 30.1 Å². The molecule has 2 rings (SSSR count). The van der Waals surface area contributed by atoms with Gasteiger partial charge in [-0.15, -0.1) is 0 Å². The van der Waals surface area contributed by atoms with Gasteiger partial charge in [-0.2, -0.15) is 11.8 Å². The Kier molecular flexibility index (Phi) is 4.29. The zero-order chi connectivity index (χ0) is 14.0. The summed E-state index contributed by atoms with van der Waals surface area (Å²) in [5.74, 6) is -1.43. The van der Waals surface area contributed by atoms with Gasteiger partial charge >= 0.3 is 0 Å². The first-order valence-electron chi connectivity index (χ1n) is 6.16. The molecule has 1 aromatic rings. The van der Waals surface area contributed by atoms with Gasteiger partial charge in [0, 0.05) is 17.4 Å². The van der Waals surface area contributed by atoms with Crippen LogP contribution in [0.25, 0.3) is 0 Å². The Hall–Kier alpha value is -1.30. The zero-order valence-corrected chi connectivity index (χ0v) is 11.4. The lowest BCUT2D eigenvalue weighted by atomic mass is 10.1. The molecule has 1 aromatic carbocycles. The van der Waals surface area contributed by atoms with Crippen LogP contribution in [-0.2, 0) is 0 Å². The molecule has 0 spiro atoms. The number of nitrogens with one attached hydrogen (secondary N) is 1. The third-order valence-electron chi connectivity index (χ3n) is 3.27. The van der Waals surface area contributed by atoms with E-state index in [-0.39, 0.29) is 17.3 Å². The molecule has 1 amide bonds. The molecule has 1 saturated heterocycles. The predicted octanol–water partition coefficient (Wildman–Crippen LogP) is 2.76. The van der Waals surface area contributed by atoms with Crippen molar-refractivity contribution in [3.8, 4) is 0 Å². The Bertz CT molecular complexity index is 496. The van der Waals surface area contributed by atoms with Gasteiger partial charge in [0.05, 0.1) is 11.3 Å². The van der Waals surface area contributed by atoms with Gasteiger partial charge in [0.25, 0.3) is 5.91 Å². The lowest BCUT2D eigenvalue weighted by Crippen LogP contribution is -2.33. The Morgan fingerprint density at radius 3 is 2.79 bits per heavy atom. The summed E-state index contributed by atoms with van der Waals surface area (Å²) in [5, 5.41) is 3.39. The highest BCUT2D eigenvalue weighted by atomic mass is 32.2. The van der Waals surface area contributed by atoms with Crippen LogP contribution in [0.3, 0.4) is 0 Å². The number of anilines is 1. The molecule has 0 saturated carbocycles. The summed E-state index contributed by atoms with van der Waals surface area (Å²) >= 11 is 1.81. The van der Waals surface area contributed by atoms with Crippen molar-refractivity contribution in [2.24, 2.45) is 5.73 Å². The van der Waals surface area contributed by atoms with Crippen LogP contribution >= 0.6 is 11.8 Å². The molecular formula is C13H16F2N2OS. The van der Waals surface area contributed by atoms with E-state index in [2.05, 4.69) is 12.2 Å². The van der Waals surface area contributed by atoms with Crippen LogP contribution in [0, 0.1) is 11.6 Å². The highest BCUT2D eigenvalue weighted by molar-refractivity contribution is 8.00. The summed E-state index contributed by atoms with van der Waals surface area (Å²) in [6.07, 6.45) is 1.98. The molecule has 1 aliphatic rings. The monoisotopic (exact) mass is 286 g/mol. The van der Waals surface area contributed by atoms with Crippen LogP contribution < -0.4 is 11.1 Å². The first-order valence-corrected chi connectivity index (χ1v) is 7.21. The maximum Gasteiger partial charge on any atom is 0.251 e. The summed E-state index contributed by atoms with van der Waals surface area (Å²) in [6, 6.07) is 1.96. The van der Waals surface area contributed by atoms with Crippen LogP contribution in [0.4, 0.5) is 14.5 Å². The molecule has 2 atom stereocenters. The number of amides is 1. The largest absolute Gasteiger partial charge is 0.379 e. The van der Waals surface area contributed by atoms with Crippen LogP contribution in [0.15, 0.2) is 12.1 Å². The molecule has 0 bridgehead atoms. The van der Waals surface area contributed by atoms with Crippen LogP contribution in [0.5, 0.6) is 0 Å². The Morgan fingerprint density at radius 2 is 2.16 bits per heavy atom. The number of nitrogens with two attached hydrogens (primary N) is 1. The summed E-state index contributed by atoms with van der Waals surface area (Å²) in [7, 11) is 0. The maximum absolute atomic E-state index is 13.7. The molecule has 3 nitrogen and oxygen atoms in total. The minimum atomic E-state index is -0.929. The van der Waals surface area contributed by atoms with Gasteiger partial charge in [0.1, 0.15) is 11.6 Å². The van der Waals surface area contributed by atoms with E-state index >= 15 is 0 Å². The molecule has 104 valence electrons. The van der Waals surface area contributed by atoms with E-state index in [0.717, 1.165) is 24.7 Å². The van der Waals surface area contributed by atoms with E-state index in [1.54, 1.807) is 0 Å². The highest BCUT2D eigenvalue weighted by Crippen LogP contribution is 2.29. The van der Waals surface area contributed by atoms with Crippen molar-refractivity contribution < 1.29 is 13.6 Å². The normalized spacial score (nSPS) is 23.1. The Balaban J connectivity index is 2.24.